The number of rotatable bonds is 7. The van der Waals surface area contributed by atoms with Crippen LogP contribution in [0.25, 0.3) is 0 Å². The van der Waals surface area contributed by atoms with Gasteiger partial charge in [0.05, 0.1) is 13.7 Å². The molecule has 1 saturated heterocycles. The fourth-order valence-electron chi connectivity index (χ4n) is 3.11. The average Bonchev–Trinajstić information content (AvgIpc) is 2.72. The number of urea groups is 1. The van der Waals surface area contributed by atoms with Gasteiger partial charge in [-0.15, -0.1) is 10.2 Å². The topological polar surface area (TPSA) is 76.6 Å². The molecule has 1 aromatic heterocycles. The maximum atomic E-state index is 12.4. The number of likely N-dealkylation sites (tertiary alicyclic amines) is 1. The van der Waals surface area contributed by atoms with E-state index in [0.717, 1.165) is 32.2 Å². The molecule has 1 N–H and O–H groups in total. The predicted octanol–water partition coefficient (Wildman–Crippen LogP) is 2.67. The Morgan fingerprint density at radius 3 is 2.70 bits per heavy atom. The second-order valence-corrected chi connectivity index (χ2v) is 6.56. The van der Waals surface area contributed by atoms with Crippen LogP contribution in [0.15, 0.2) is 42.5 Å². The zero-order chi connectivity index (χ0) is 18.9. The van der Waals surface area contributed by atoms with E-state index >= 15 is 0 Å². The van der Waals surface area contributed by atoms with E-state index in [-0.39, 0.29) is 12.1 Å². The van der Waals surface area contributed by atoms with E-state index < -0.39 is 0 Å². The smallest absolute Gasteiger partial charge is 0.317 e. The standard InChI is InChI=1S/C20H26N4O3/c1-26-18-11-12-19(23-22-18)27-17-10-6-14-24(15-17)20(25)21-13-5-9-16-7-3-2-4-8-16/h2-4,7-8,11-12,17H,5-6,9-10,13-15H2,1H3,(H,21,25). The number of aryl methyl sites for hydroxylation is 1. The molecule has 0 aliphatic carbocycles. The molecule has 144 valence electrons. The van der Waals surface area contributed by atoms with E-state index in [9.17, 15) is 4.79 Å². The number of amides is 2. The number of nitrogens with zero attached hydrogens (tertiary/aromatic N) is 3. The van der Waals surface area contributed by atoms with Crippen molar-refractivity contribution in [2.45, 2.75) is 31.8 Å². The second kappa shape index (κ2) is 9.75. The van der Waals surface area contributed by atoms with Gasteiger partial charge < -0.3 is 19.7 Å². The number of methoxy groups -OCH3 is 1. The molecule has 0 bridgehead atoms. The first-order valence-corrected chi connectivity index (χ1v) is 9.35. The number of carbonyl (C=O) groups is 1. The Balaban J connectivity index is 1.40. The minimum absolute atomic E-state index is 0.0304. The summed E-state index contributed by atoms with van der Waals surface area (Å²) in [4.78, 5) is 14.2. The zero-order valence-electron chi connectivity index (χ0n) is 15.6. The molecule has 2 aromatic rings. The van der Waals surface area contributed by atoms with Crippen LogP contribution < -0.4 is 14.8 Å². The predicted molar refractivity (Wildman–Crippen MR) is 102 cm³/mol. The molecule has 1 aromatic carbocycles. The minimum Gasteiger partial charge on any atom is -0.480 e. The Morgan fingerprint density at radius 2 is 1.96 bits per heavy atom. The molecule has 0 radical (unpaired) electrons. The molecular formula is C20H26N4O3. The van der Waals surface area contributed by atoms with Gasteiger partial charge in [0.1, 0.15) is 6.10 Å². The maximum absolute atomic E-state index is 12.4. The lowest BCUT2D eigenvalue weighted by atomic mass is 10.1. The van der Waals surface area contributed by atoms with Crippen LogP contribution in [0.1, 0.15) is 24.8 Å². The van der Waals surface area contributed by atoms with E-state index in [1.165, 1.54) is 5.56 Å². The van der Waals surface area contributed by atoms with Gasteiger partial charge in [-0.25, -0.2) is 4.79 Å². The molecule has 2 heterocycles. The molecule has 0 saturated carbocycles. The van der Waals surface area contributed by atoms with E-state index in [1.807, 2.05) is 23.1 Å². The van der Waals surface area contributed by atoms with Gasteiger partial charge in [0, 0.05) is 25.2 Å². The van der Waals surface area contributed by atoms with Crippen molar-refractivity contribution in [3.8, 4) is 11.8 Å². The summed E-state index contributed by atoms with van der Waals surface area (Å²) in [5.41, 5.74) is 1.29. The van der Waals surface area contributed by atoms with Crippen LogP contribution in [-0.4, -0.2) is 54.0 Å². The van der Waals surface area contributed by atoms with Crippen LogP contribution >= 0.6 is 0 Å². The Bertz CT molecular complexity index is 709. The number of aromatic nitrogens is 2. The number of piperidine rings is 1. The molecule has 1 aliphatic heterocycles. The van der Waals surface area contributed by atoms with E-state index in [2.05, 4.69) is 27.6 Å². The molecule has 1 aliphatic rings. The third kappa shape index (κ3) is 5.84. The van der Waals surface area contributed by atoms with Crippen molar-refractivity contribution in [1.29, 1.82) is 0 Å². The van der Waals surface area contributed by atoms with Crippen LogP contribution in [0.4, 0.5) is 4.79 Å². The van der Waals surface area contributed by atoms with Gasteiger partial charge in [-0.1, -0.05) is 30.3 Å². The lowest BCUT2D eigenvalue weighted by Gasteiger charge is -2.32. The fourth-order valence-corrected chi connectivity index (χ4v) is 3.11. The normalized spacial score (nSPS) is 16.6. The lowest BCUT2D eigenvalue weighted by molar-refractivity contribution is 0.0968. The average molecular weight is 370 g/mol. The van der Waals surface area contributed by atoms with Crippen molar-refractivity contribution in [3.05, 3.63) is 48.0 Å². The summed E-state index contributed by atoms with van der Waals surface area (Å²) >= 11 is 0. The molecule has 1 fully saturated rings. The van der Waals surface area contributed by atoms with E-state index in [4.69, 9.17) is 9.47 Å². The highest BCUT2D eigenvalue weighted by Gasteiger charge is 2.25. The molecule has 1 atom stereocenters. The highest BCUT2D eigenvalue weighted by atomic mass is 16.5. The molecule has 1 unspecified atom stereocenters. The lowest BCUT2D eigenvalue weighted by Crippen LogP contribution is -2.48. The first kappa shape index (κ1) is 18.9. The van der Waals surface area contributed by atoms with E-state index in [1.54, 1.807) is 19.2 Å². The van der Waals surface area contributed by atoms with Crippen LogP contribution in [0.2, 0.25) is 0 Å². The Hall–Kier alpha value is -2.83. The summed E-state index contributed by atoms with van der Waals surface area (Å²) in [7, 11) is 1.54. The van der Waals surface area contributed by atoms with Crippen molar-refractivity contribution < 1.29 is 14.3 Å². The SMILES string of the molecule is COc1ccc(OC2CCCN(C(=O)NCCCc3ccccc3)C2)nn1. The van der Waals surface area contributed by atoms with Gasteiger partial charge in [-0.05, 0) is 31.2 Å². The number of hydrogen-bond donors (Lipinski definition) is 1. The number of hydrogen-bond acceptors (Lipinski definition) is 5. The quantitative estimate of drug-likeness (QED) is 0.759. The summed E-state index contributed by atoms with van der Waals surface area (Å²) < 4.78 is 10.9. The van der Waals surface area contributed by atoms with E-state index in [0.29, 0.717) is 24.8 Å². The Kier molecular flexibility index (Phi) is 6.84. The first-order valence-electron chi connectivity index (χ1n) is 9.35. The Morgan fingerprint density at radius 1 is 1.19 bits per heavy atom. The number of ether oxygens (including phenoxy) is 2. The molecular weight excluding hydrogens is 344 g/mol. The van der Waals surface area contributed by atoms with Crippen LogP contribution in [0.5, 0.6) is 11.8 Å². The largest absolute Gasteiger partial charge is 0.480 e. The highest BCUT2D eigenvalue weighted by Crippen LogP contribution is 2.17. The summed E-state index contributed by atoms with van der Waals surface area (Å²) in [5, 5.41) is 10.9. The first-order chi connectivity index (χ1) is 13.2. The minimum atomic E-state index is -0.0727. The molecule has 0 spiro atoms. The van der Waals surface area contributed by atoms with Crippen molar-refractivity contribution in [3.63, 3.8) is 0 Å². The van der Waals surface area contributed by atoms with Crippen LogP contribution in [-0.2, 0) is 6.42 Å². The number of carbonyl (C=O) groups excluding carboxylic acids is 1. The number of benzene rings is 1. The monoisotopic (exact) mass is 370 g/mol. The van der Waals surface area contributed by atoms with Gasteiger partial charge in [0.2, 0.25) is 11.8 Å². The van der Waals surface area contributed by atoms with Gasteiger partial charge in [0.15, 0.2) is 0 Å². The van der Waals surface area contributed by atoms with Gasteiger partial charge >= 0.3 is 6.03 Å². The van der Waals surface area contributed by atoms with Crippen molar-refractivity contribution in [2.24, 2.45) is 0 Å². The van der Waals surface area contributed by atoms with Gasteiger partial charge in [-0.2, -0.15) is 0 Å². The van der Waals surface area contributed by atoms with Gasteiger partial charge in [0.25, 0.3) is 0 Å². The molecule has 3 rings (SSSR count). The molecule has 7 nitrogen and oxygen atoms in total. The zero-order valence-corrected chi connectivity index (χ0v) is 15.6. The molecule has 7 heteroatoms. The number of nitrogens with one attached hydrogen (secondary N) is 1. The van der Waals surface area contributed by atoms with Crippen LogP contribution in [0, 0.1) is 0 Å². The van der Waals surface area contributed by atoms with Crippen molar-refractivity contribution in [2.75, 3.05) is 26.7 Å². The molecule has 2 amide bonds. The van der Waals surface area contributed by atoms with Crippen molar-refractivity contribution >= 4 is 6.03 Å². The summed E-state index contributed by atoms with van der Waals surface area (Å²) in [6.07, 6.45) is 3.61. The summed E-state index contributed by atoms with van der Waals surface area (Å²) in [5.74, 6) is 0.897. The molecule has 27 heavy (non-hydrogen) atoms. The third-order valence-electron chi connectivity index (χ3n) is 4.54. The van der Waals surface area contributed by atoms with Crippen LogP contribution in [0.3, 0.4) is 0 Å². The third-order valence-corrected chi connectivity index (χ3v) is 4.54. The van der Waals surface area contributed by atoms with Gasteiger partial charge in [-0.3, -0.25) is 0 Å². The van der Waals surface area contributed by atoms with Crippen molar-refractivity contribution in [1.82, 2.24) is 20.4 Å². The Labute approximate surface area is 159 Å². The summed E-state index contributed by atoms with van der Waals surface area (Å²) in [6, 6.07) is 13.7. The highest BCUT2D eigenvalue weighted by molar-refractivity contribution is 5.74. The second-order valence-electron chi connectivity index (χ2n) is 6.56. The fraction of sp³-hybridized carbons (Fsp3) is 0.450. The summed E-state index contributed by atoms with van der Waals surface area (Å²) in [6.45, 7) is 1.97. The maximum Gasteiger partial charge on any atom is 0.317 e.